The standard InChI is InChI=1S/C16H28N4O3Si/c1-16(2,3)24(4,5)23-12-13-6-8-19(9-7-13)15-17-10-14(11-18-15)20(21)22/h10-11,13H,6-9,12H2,1-5H3. The van der Waals surface area contributed by atoms with Crippen LogP contribution in [0.5, 0.6) is 0 Å². The van der Waals surface area contributed by atoms with Crippen LogP contribution in [0.15, 0.2) is 12.4 Å². The van der Waals surface area contributed by atoms with E-state index in [1.807, 2.05) is 0 Å². The Kier molecular flexibility index (Phi) is 5.59. The Morgan fingerprint density at radius 2 is 1.83 bits per heavy atom. The van der Waals surface area contributed by atoms with Gasteiger partial charge in [-0.3, -0.25) is 10.1 Å². The zero-order valence-electron chi connectivity index (χ0n) is 15.3. The maximum atomic E-state index is 10.7. The average molecular weight is 353 g/mol. The van der Waals surface area contributed by atoms with Crippen LogP contribution in [0.4, 0.5) is 11.6 Å². The van der Waals surface area contributed by atoms with E-state index in [0.717, 1.165) is 32.5 Å². The average Bonchev–Trinajstić information content (AvgIpc) is 2.52. The highest BCUT2D eigenvalue weighted by Crippen LogP contribution is 2.37. The lowest BCUT2D eigenvalue weighted by Gasteiger charge is -2.39. The SMILES string of the molecule is CC(C)(C)[Si](C)(C)OCC1CCN(c2ncc([N+](=O)[O-])cn2)CC1. The smallest absolute Gasteiger partial charge is 0.305 e. The maximum Gasteiger partial charge on any atom is 0.305 e. The second kappa shape index (κ2) is 7.14. The number of hydrogen-bond acceptors (Lipinski definition) is 6. The van der Waals surface area contributed by atoms with Gasteiger partial charge >= 0.3 is 5.69 Å². The van der Waals surface area contributed by atoms with Crippen LogP contribution in [0, 0.1) is 16.0 Å². The Balaban J connectivity index is 1.84. The topological polar surface area (TPSA) is 81.4 Å². The highest BCUT2D eigenvalue weighted by molar-refractivity contribution is 6.74. The largest absolute Gasteiger partial charge is 0.417 e. The lowest BCUT2D eigenvalue weighted by Crippen LogP contribution is -2.43. The molecule has 1 aliphatic rings. The Morgan fingerprint density at radius 1 is 1.29 bits per heavy atom. The highest BCUT2D eigenvalue weighted by Gasteiger charge is 2.37. The summed E-state index contributed by atoms with van der Waals surface area (Å²) in [4.78, 5) is 20.5. The molecule has 1 fully saturated rings. The first-order chi connectivity index (χ1) is 11.1. The fourth-order valence-electron chi connectivity index (χ4n) is 2.41. The molecule has 1 saturated heterocycles. The van der Waals surface area contributed by atoms with Gasteiger partial charge in [0.25, 0.3) is 0 Å². The van der Waals surface area contributed by atoms with E-state index in [0.29, 0.717) is 11.9 Å². The van der Waals surface area contributed by atoms with Gasteiger partial charge in [-0.25, -0.2) is 9.97 Å². The van der Waals surface area contributed by atoms with Gasteiger partial charge in [-0.05, 0) is 36.9 Å². The fraction of sp³-hybridized carbons (Fsp3) is 0.750. The monoisotopic (exact) mass is 352 g/mol. The highest BCUT2D eigenvalue weighted by atomic mass is 28.4. The number of aromatic nitrogens is 2. The Hall–Kier alpha value is -1.54. The van der Waals surface area contributed by atoms with Crippen molar-refractivity contribution in [2.45, 2.75) is 51.7 Å². The van der Waals surface area contributed by atoms with Gasteiger partial charge in [0.2, 0.25) is 5.95 Å². The van der Waals surface area contributed by atoms with E-state index in [9.17, 15) is 10.1 Å². The Bertz CT molecular complexity index is 564. The maximum absolute atomic E-state index is 10.7. The van der Waals surface area contributed by atoms with Crippen LogP contribution in [0.1, 0.15) is 33.6 Å². The molecule has 0 radical (unpaired) electrons. The molecule has 0 aliphatic carbocycles. The minimum atomic E-state index is -1.69. The van der Waals surface area contributed by atoms with Crippen molar-refractivity contribution in [3.8, 4) is 0 Å². The lowest BCUT2D eigenvalue weighted by molar-refractivity contribution is -0.385. The molecule has 0 atom stereocenters. The molecular formula is C16H28N4O3Si. The van der Waals surface area contributed by atoms with Crippen LogP contribution in [0.25, 0.3) is 0 Å². The molecule has 0 bridgehead atoms. The molecule has 7 nitrogen and oxygen atoms in total. The van der Waals surface area contributed by atoms with E-state index < -0.39 is 13.2 Å². The summed E-state index contributed by atoms with van der Waals surface area (Å²) in [6, 6.07) is 0. The molecule has 1 aliphatic heterocycles. The summed E-state index contributed by atoms with van der Waals surface area (Å²) >= 11 is 0. The fourth-order valence-corrected chi connectivity index (χ4v) is 3.50. The van der Waals surface area contributed by atoms with Crippen LogP contribution in [0.3, 0.4) is 0 Å². The number of rotatable bonds is 5. The van der Waals surface area contributed by atoms with E-state index >= 15 is 0 Å². The number of anilines is 1. The van der Waals surface area contributed by atoms with E-state index in [4.69, 9.17) is 4.43 Å². The van der Waals surface area contributed by atoms with Gasteiger partial charge in [-0.1, -0.05) is 20.8 Å². The van der Waals surface area contributed by atoms with Crippen molar-refractivity contribution < 1.29 is 9.35 Å². The Morgan fingerprint density at radius 3 is 2.29 bits per heavy atom. The van der Waals surface area contributed by atoms with Gasteiger partial charge in [0.1, 0.15) is 12.4 Å². The molecule has 0 saturated carbocycles. The second-order valence-corrected chi connectivity index (χ2v) is 12.8. The first-order valence-corrected chi connectivity index (χ1v) is 11.4. The van der Waals surface area contributed by atoms with Crippen molar-refractivity contribution in [1.82, 2.24) is 9.97 Å². The van der Waals surface area contributed by atoms with Crippen molar-refractivity contribution in [2.24, 2.45) is 5.92 Å². The predicted molar refractivity (Wildman–Crippen MR) is 96.8 cm³/mol. The zero-order chi connectivity index (χ0) is 18.0. The van der Waals surface area contributed by atoms with Crippen molar-refractivity contribution in [3.63, 3.8) is 0 Å². The Labute approximate surface area is 144 Å². The molecule has 0 aromatic carbocycles. The predicted octanol–water partition coefficient (Wildman–Crippen LogP) is 3.62. The van der Waals surface area contributed by atoms with Crippen molar-refractivity contribution in [3.05, 3.63) is 22.5 Å². The summed E-state index contributed by atoms with van der Waals surface area (Å²) in [5.41, 5.74) is -0.0728. The van der Waals surface area contributed by atoms with Crippen LogP contribution < -0.4 is 4.90 Å². The quantitative estimate of drug-likeness (QED) is 0.457. The normalized spacial score (nSPS) is 17.1. The second-order valence-electron chi connectivity index (χ2n) is 8.00. The third kappa shape index (κ3) is 4.51. The van der Waals surface area contributed by atoms with Crippen LogP contribution in [-0.2, 0) is 4.43 Å². The van der Waals surface area contributed by atoms with Crippen LogP contribution >= 0.6 is 0 Å². The molecule has 1 aromatic rings. The van der Waals surface area contributed by atoms with Gasteiger partial charge < -0.3 is 9.33 Å². The van der Waals surface area contributed by atoms with Gasteiger partial charge in [-0.2, -0.15) is 0 Å². The first kappa shape index (κ1) is 18.8. The molecule has 134 valence electrons. The number of nitrogens with zero attached hydrogens (tertiary/aromatic N) is 4. The summed E-state index contributed by atoms with van der Waals surface area (Å²) < 4.78 is 6.33. The summed E-state index contributed by atoms with van der Waals surface area (Å²) in [6.07, 6.45) is 4.62. The minimum absolute atomic E-state index is 0.0728. The molecule has 2 heterocycles. The molecule has 1 aromatic heterocycles. The van der Waals surface area contributed by atoms with Crippen molar-refractivity contribution in [1.29, 1.82) is 0 Å². The van der Waals surface area contributed by atoms with E-state index in [1.165, 1.54) is 12.4 Å². The van der Waals surface area contributed by atoms with E-state index in [-0.39, 0.29) is 10.7 Å². The summed E-state index contributed by atoms with van der Waals surface area (Å²) in [5.74, 6) is 1.14. The van der Waals surface area contributed by atoms with Gasteiger partial charge in [0.15, 0.2) is 8.32 Å². The van der Waals surface area contributed by atoms with Gasteiger partial charge in [0, 0.05) is 19.7 Å². The minimum Gasteiger partial charge on any atom is -0.417 e. The lowest BCUT2D eigenvalue weighted by atomic mass is 9.98. The van der Waals surface area contributed by atoms with Crippen molar-refractivity contribution >= 4 is 20.0 Å². The van der Waals surface area contributed by atoms with Gasteiger partial charge in [-0.15, -0.1) is 0 Å². The van der Waals surface area contributed by atoms with Crippen molar-refractivity contribution in [2.75, 3.05) is 24.6 Å². The number of hydrogen-bond donors (Lipinski definition) is 0. The third-order valence-electron chi connectivity index (χ3n) is 5.22. The molecule has 0 N–H and O–H groups in total. The molecular weight excluding hydrogens is 324 g/mol. The number of piperidine rings is 1. The number of nitro groups is 1. The first-order valence-electron chi connectivity index (χ1n) is 8.45. The molecule has 0 spiro atoms. The molecule has 24 heavy (non-hydrogen) atoms. The zero-order valence-corrected chi connectivity index (χ0v) is 16.3. The van der Waals surface area contributed by atoms with E-state index in [2.05, 4.69) is 48.7 Å². The van der Waals surface area contributed by atoms with Crippen LogP contribution in [0.2, 0.25) is 18.1 Å². The van der Waals surface area contributed by atoms with E-state index in [1.54, 1.807) is 0 Å². The third-order valence-corrected chi connectivity index (χ3v) is 9.72. The van der Waals surface area contributed by atoms with Gasteiger partial charge in [0.05, 0.1) is 4.92 Å². The summed E-state index contributed by atoms with van der Waals surface area (Å²) in [6.45, 7) is 13.9. The molecule has 8 heteroatoms. The summed E-state index contributed by atoms with van der Waals surface area (Å²) in [7, 11) is -1.69. The molecule has 2 rings (SSSR count). The van der Waals surface area contributed by atoms with Crippen LogP contribution in [-0.4, -0.2) is 42.9 Å². The molecule has 0 unspecified atom stereocenters. The summed E-state index contributed by atoms with van der Waals surface area (Å²) in [5, 5.41) is 10.9. The molecule has 0 amide bonds.